The van der Waals surface area contributed by atoms with Crippen LogP contribution in [0.1, 0.15) is 36.0 Å². The Kier molecular flexibility index (Phi) is 4.74. The first-order valence-corrected chi connectivity index (χ1v) is 6.90. The molecule has 0 spiro atoms. The van der Waals surface area contributed by atoms with Gasteiger partial charge in [-0.2, -0.15) is 0 Å². The maximum absolute atomic E-state index is 11.9. The average molecular weight is 276 g/mol. The standard InChI is InChI=1S/C15H20N2O3/c18-11-15(8-4-5-9-15)17-13(19)10-16-14(20)12-6-2-1-3-7-12/h1-3,6-7,18H,4-5,8-11H2,(H,16,20)(H,17,19). The van der Waals surface area contributed by atoms with Gasteiger partial charge in [-0.3, -0.25) is 9.59 Å². The van der Waals surface area contributed by atoms with E-state index >= 15 is 0 Å². The molecular formula is C15H20N2O3. The van der Waals surface area contributed by atoms with Gasteiger partial charge < -0.3 is 15.7 Å². The number of hydrogen-bond donors (Lipinski definition) is 3. The van der Waals surface area contributed by atoms with Crippen molar-refractivity contribution in [2.75, 3.05) is 13.2 Å². The Morgan fingerprint density at radius 3 is 2.40 bits per heavy atom. The zero-order valence-corrected chi connectivity index (χ0v) is 11.4. The topological polar surface area (TPSA) is 78.4 Å². The SMILES string of the molecule is O=C(CNC(=O)c1ccccc1)NC1(CO)CCCC1. The summed E-state index contributed by atoms with van der Waals surface area (Å²) >= 11 is 0. The molecule has 0 atom stereocenters. The number of benzene rings is 1. The van der Waals surface area contributed by atoms with Crippen molar-refractivity contribution in [3.8, 4) is 0 Å². The van der Waals surface area contributed by atoms with Gasteiger partial charge in [0.25, 0.3) is 5.91 Å². The van der Waals surface area contributed by atoms with Crippen LogP contribution in [0.15, 0.2) is 30.3 Å². The lowest BCUT2D eigenvalue weighted by Crippen LogP contribution is -2.52. The summed E-state index contributed by atoms with van der Waals surface area (Å²) in [5, 5.41) is 14.8. The molecule has 0 aliphatic heterocycles. The molecule has 0 heterocycles. The monoisotopic (exact) mass is 276 g/mol. The van der Waals surface area contributed by atoms with E-state index in [2.05, 4.69) is 10.6 Å². The Morgan fingerprint density at radius 2 is 1.80 bits per heavy atom. The molecule has 1 aliphatic carbocycles. The van der Waals surface area contributed by atoms with Gasteiger partial charge in [-0.1, -0.05) is 31.0 Å². The lowest BCUT2D eigenvalue weighted by atomic mass is 9.99. The van der Waals surface area contributed by atoms with Crippen molar-refractivity contribution in [1.29, 1.82) is 0 Å². The van der Waals surface area contributed by atoms with Crippen LogP contribution in [-0.4, -0.2) is 35.6 Å². The van der Waals surface area contributed by atoms with Crippen molar-refractivity contribution in [1.82, 2.24) is 10.6 Å². The summed E-state index contributed by atoms with van der Waals surface area (Å²) in [7, 11) is 0. The number of aliphatic hydroxyl groups excluding tert-OH is 1. The van der Waals surface area contributed by atoms with E-state index in [-0.39, 0.29) is 25.0 Å². The second-order valence-electron chi connectivity index (χ2n) is 5.24. The minimum absolute atomic E-state index is 0.0502. The molecule has 0 bridgehead atoms. The molecular weight excluding hydrogens is 256 g/mol. The highest BCUT2D eigenvalue weighted by Gasteiger charge is 2.34. The molecule has 3 N–H and O–H groups in total. The molecule has 20 heavy (non-hydrogen) atoms. The number of carbonyl (C=O) groups is 2. The fourth-order valence-electron chi connectivity index (χ4n) is 2.57. The first-order valence-electron chi connectivity index (χ1n) is 6.90. The number of amides is 2. The summed E-state index contributed by atoms with van der Waals surface area (Å²) < 4.78 is 0. The van der Waals surface area contributed by atoms with Gasteiger partial charge >= 0.3 is 0 Å². The lowest BCUT2D eigenvalue weighted by Gasteiger charge is -2.28. The molecule has 0 aromatic heterocycles. The number of hydrogen-bond acceptors (Lipinski definition) is 3. The van der Waals surface area contributed by atoms with Crippen LogP contribution in [0.5, 0.6) is 0 Å². The molecule has 1 fully saturated rings. The smallest absolute Gasteiger partial charge is 0.251 e. The van der Waals surface area contributed by atoms with Crippen LogP contribution in [0.25, 0.3) is 0 Å². The fourth-order valence-corrected chi connectivity index (χ4v) is 2.57. The van der Waals surface area contributed by atoms with Crippen LogP contribution < -0.4 is 10.6 Å². The van der Waals surface area contributed by atoms with Crippen LogP contribution in [0.4, 0.5) is 0 Å². The lowest BCUT2D eigenvalue weighted by molar-refractivity contribution is -0.122. The van der Waals surface area contributed by atoms with Gasteiger partial charge in [0.2, 0.25) is 5.91 Å². The molecule has 2 amide bonds. The van der Waals surface area contributed by atoms with E-state index in [1.165, 1.54) is 0 Å². The van der Waals surface area contributed by atoms with E-state index in [0.29, 0.717) is 5.56 Å². The predicted molar refractivity (Wildman–Crippen MR) is 75.2 cm³/mol. The third-order valence-corrected chi connectivity index (χ3v) is 3.71. The second kappa shape index (κ2) is 6.52. The maximum Gasteiger partial charge on any atom is 0.251 e. The molecule has 2 rings (SSSR count). The normalized spacial score (nSPS) is 16.6. The molecule has 1 aliphatic rings. The zero-order chi connectivity index (χ0) is 14.4. The van der Waals surface area contributed by atoms with Crippen molar-refractivity contribution in [3.05, 3.63) is 35.9 Å². The Morgan fingerprint density at radius 1 is 1.15 bits per heavy atom. The van der Waals surface area contributed by atoms with E-state index in [1.54, 1.807) is 24.3 Å². The Bertz CT molecular complexity index is 467. The van der Waals surface area contributed by atoms with Crippen molar-refractivity contribution in [2.24, 2.45) is 0 Å². The van der Waals surface area contributed by atoms with Crippen molar-refractivity contribution in [2.45, 2.75) is 31.2 Å². The molecule has 108 valence electrons. The highest BCUT2D eigenvalue weighted by atomic mass is 16.3. The zero-order valence-electron chi connectivity index (χ0n) is 11.4. The molecule has 5 heteroatoms. The van der Waals surface area contributed by atoms with Gasteiger partial charge in [0.15, 0.2) is 0 Å². The highest BCUT2D eigenvalue weighted by molar-refractivity contribution is 5.96. The largest absolute Gasteiger partial charge is 0.394 e. The molecule has 0 radical (unpaired) electrons. The number of rotatable bonds is 5. The Labute approximate surface area is 118 Å². The van der Waals surface area contributed by atoms with Crippen LogP contribution in [0.3, 0.4) is 0 Å². The summed E-state index contributed by atoms with van der Waals surface area (Å²) in [6, 6.07) is 8.76. The average Bonchev–Trinajstić information content (AvgIpc) is 2.95. The summed E-state index contributed by atoms with van der Waals surface area (Å²) in [5.74, 6) is -0.532. The van der Waals surface area contributed by atoms with Gasteiger partial charge in [-0.25, -0.2) is 0 Å². The minimum Gasteiger partial charge on any atom is -0.394 e. The van der Waals surface area contributed by atoms with Gasteiger partial charge in [0.05, 0.1) is 18.7 Å². The first-order chi connectivity index (χ1) is 9.65. The van der Waals surface area contributed by atoms with Gasteiger partial charge in [-0.05, 0) is 25.0 Å². The third-order valence-electron chi connectivity index (χ3n) is 3.71. The van der Waals surface area contributed by atoms with E-state index < -0.39 is 5.54 Å². The van der Waals surface area contributed by atoms with Crippen LogP contribution in [-0.2, 0) is 4.79 Å². The number of nitrogens with one attached hydrogen (secondary N) is 2. The van der Waals surface area contributed by atoms with E-state index in [4.69, 9.17) is 0 Å². The summed E-state index contributed by atoms with van der Waals surface area (Å²) in [6.45, 7) is -0.124. The predicted octanol–water partition coefficient (Wildman–Crippen LogP) is 0.838. The van der Waals surface area contributed by atoms with Crippen LogP contribution in [0, 0.1) is 0 Å². The van der Waals surface area contributed by atoms with Crippen LogP contribution >= 0.6 is 0 Å². The number of carbonyl (C=O) groups excluding carboxylic acids is 2. The van der Waals surface area contributed by atoms with E-state index in [9.17, 15) is 14.7 Å². The molecule has 1 aromatic rings. The Balaban J connectivity index is 1.82. The third kappa shape index (κ3) is 3.57. The molecule has 5 nitrogen and oxygen atoms in total. The summed E-state index contributed by atoms with van der Waals surface area (Å²) in [4.78, 5) is 23.7. The van der Waals surface area contributed by atoms with Crippen molar-refractivity contribution >= 4 is 11.8 Å². The fraction of sp³-hybridized carbons (Fsp3) is 0.467. The van der Waals surface area contributed by atoms with Gasteiger partial charge in [0.1, 0.15) is 0 Å². The summed E-state index contributed by atoms with van der Waals surface area (Å²) in [6.07, 6.45) is 3.61. The molecule has 0 unspecified atom stereocenters. The van der Waals surface area contributed by atoms with Crippen molar-refractivity contribution < 1.29 is 14.7 Å². The summed E-state index contributed by atoms with van der Waals surface area (Å²) in [5.41, 5.74) is 0.0345. The second-order valence-corrected chi connectivity index (χ2v) is 5.24. The number of aliphatic hydroxyl groups is 1. The van der Waals surface area contributed by atoms with Gasteiger partial charge in [-0.15, -0.1) is 0 Å². The van der Waals surface area contributed by atoms with Crippen molar-refractivity contribution in [3.63, 3.8) is 0 Å². The first kappa shape index (κ1) is 14.5. The highest BCUT2D eigenvalue weighted by Crippen LogP contribution is 2.28. The Hall–Kier alpha value is -1.88. The minimum atomic E-state index is -0.492. The van der Waals surface area contributed by atoms with E-state index in [1.807, 2.05) is 6.07 Å². The van der Waals surface area contributed by atoms with Crippen LogP contribution in [0.2, 0.25) is 0 Å². The van der Waals surface area contributed by atoms with Gasteiger partial charge in [0, 0.05) is 5.56 Å². The quantitative estimate of drug-likeness (QED) is 0.745. The molecule has 1 aromatic carbocycles. The molecule has 0 saturated heterocycles. The maximum atomic E-state index is 11.9. The van der Waals surface area contributed by atoms with E-state index in [0.717, 1.165) is 25.7 Å². The molecule has 1 saturated carbocycles.